The summed E-state index contributed by atoms with van der Waals surface area (Å²) >= 11 is 0. The number of nitrogens with zero attached hydrogens (tertiary/aromatic N) is 1. The summed E-state index contributed by atoms with van der Waals surface area (Å²) < 4.78 is 0. The lowest BCUT2D eigenvalue weighted by Crippen LogP contribution is -2.52. The highest BCUT2D eigenvalue weighted by Gasteiger charge is 2.42. The van der Waals surface area contributed by atoms with E-state index >= 15 is 0 Å². The van der Waals surface area contributed by atoms with Crippen molar-refractivity contribution < 1.29 is 14.7 Å². The molecule has 5 nitrogen and oxygen atoms in total. The average molecular weight is 228 g/mol. The predicted octanol–water partition coefficient (Wildman–Crippen LogP) is 0.0138. The molecule has 0 aromatic carbocycles. The molecule has 1 fully saturated rings. The van der Waals surface area contributed by atoms with E-state index in [2.05, 4.69) is 0 Å². The standard InChI is InChI=1S/C11H20N2O3/c1-8(2)13(7-9(12)14)10(15)11(16)5-3-4-6-11/h8,16H,3-7H2,1-2H3,(H2,12,14). The van der Waals surface area contributed by atoms with Crippen LogP contribution in [0.5, 0.6) is 0 Å². The molecule has 0 radical (unpaired) electrons. The van der Waals surface area contributed by atoms with Crippen LogP contribution in [0.1, 0.15) is 39.5 Å². The fraction of sp³-hybridized carbons (Fsp3) is 0.818. The van der Waals surface area contributed by atoms with Gasteiger partial charge in [-0.15, -0.1) is 0 Å². The van der Waals surface area contributed by atoms with Crippen LogP contribution in [-0.2, 0) is 9.59 Å². The molecule has 0 heterocycles. The minimum Gasteiger partial charge on any atom is -0.380 e. The Bertz CT molecular complexity index is 283. The zero-order valence-electron chi connectivity index (χ0n) is 9.90. The topological polar surface area (TPSA) is 83.6 Å². The molecule has 0 aromatic rings. The first kappa shape index (κ1) is 13.0. The van der Waals surface area contributed by atoms with Gasteiger partial charge in [-0.2, -0.15) is 0 Å². The Balaban J connectivity index is 2.77. The number of carbonyl (C=O) groups excluding carboxylic acids is 2. The van der Waals surface area contributed by atoms with Crippen LogP contribution in [0.3, 0.4) is 0 Å². The van der Waals surface area contributed by atoms with Crippen LogP contribution >= 0.6 is 0 Å². The number of rotatable bonds is 4. The van der Waals surface area contributed by atoms with Gasteiger partial charge < -0.3 is 15.7 Å². The summed E-state index contributed by atoms with van der Waals surface area (Å²) in [6.07, 6.45) is 2.66. The molecule has 5 heteroatoms. The Morgan fingerprint density at radius 3 is 2.25 bits per heavy atom. The van der Waals surface area contributed by atoms with Crippen molar-refractivity contribution in [3.05, 3.63) is 0 Å². The summed E-state index contributed by atoms with van der Waals surface area (Å²) in [6, 6.07) is -0.135. The van der Waals surface area contributed by atoms with Gasteiger partial charge in [0.15, 0.2) is 0 Å². The maximum atomic E-state index is 12.1. The SMILES string of the molecule is CC(C)N(CC(N)=O)C(=O)C1(O)CCCC1. The molecule has 1 aliphatic carbocycles. The minimum atomic E-state index is -1.28. The third kappa shape index (κ3) is 2.72. The number of hydrogen-bond acceptors (Lipinski definition) is 3. The molecule has 92 valence electrons. The molecule has 16 heavy (non-hydrogen) atoms. The molecule has 0 unspecified atom stereocenters. The fourth-order valence-corrected chi connectivity index (χ4v) is 2.10. The van der Waals surface area contributed by atoms with Gasteiger partial charge in [0.05, 0.1) is 6.54 Å². The minimum absolute atomic E-state index is 0.126. The molecule has 1 rings (SSSR count). The molecule has 2 amide bonds. The third-order valence-corrected chi connectivity index (χ3v) is 3.04. The van der Waals surface area contributed by atoms with Crippen molar-refractivity contribution in [1.82, 2.24) is 4.90 Å². The van der Waals surface area contributed by atoms with Crippen molar-refractivity contribution in [2.75, 3.05) is 6.54 Å². The summed E-state index contributed by atoms with van der Waals surface area (Å²) in [7, 11) is 0. The molecule has 0 saturated heterocycles. The second kappa shape index (κ2) is 4.82. The van der Waals surface area contributed by atoms with Crippen LogP contribution in [0.4, 0.5) is 0 Å². The van der Waals surface area contributed by atoms with Gasteiger partial charge >= 0.3 is 0 Å². The Morgan fingerprint density at radius 2 is 1.88 bits per heavy atom. The Hall–Kier alpha value is -1.10. The fourth-order valence-electron chi connectivity index (χ4n) is 2.10. The molecule has 1 aliphatic rings. The molecule has 0 aliphatic heterocycles. The normalized spacial score (nSPS) is 18.8. The highest BCUT2D eigenvalue weighted by molar-refractivity contribution is 5.89. The van der Waals surface area contributed by atoms with Crippen LogP contribution < -0.4 is 5.73 Å². The van der Waals surface area contributed by atoms with Crippen molar-refractivity contribution in [2.24, 2.45) is 5.73 Å². The third-order valence-electron chi connectivity index (χ3n) is 3.04. The zero-order chi connectivity index (χ0) is 12.3. The quantitative estimate of drug-likeness (QED) is 0.711. The van der Waals surface area contributed by atoms with Gasteiger partial charge in [0, 0.05) is 6.04 Å². The first-order chi connectivity index (χ1) is 7.37. The van der Waals surface area contributed by atoms with Crippen LogP contribution in [-0.4, -0.2) is 40.0 Å². The van der Waals surface area contributed by atoms with E-state index in [1.807, 2.05) is 0 Å². The van der Waals surface area contributed by atoms with Crippen LogP contribution in [0.15, 0.2) is 0 Å². The molecule has 3 N–H and O–H groups in total. The number of nitrogens with two attached hydrogens (primary N) is 1. The van der Waals surface area contributed by atoms with E-state index in [-0.39, 0.29) is 18.5 Å². The summed E-state index contributed by atoms with van der Waals surface area (Å²) in [4.78, 5) is 24.4. The lowest BCUT2D eigenvalue weighted by atomic mass is 10.00. The molecular weight excluding hydrogens is 208 g/mol. The molecular formula is C11H20N2O3. The van der Waals surface area contributed by atoms with Crippen LogP contribution in [0.2, 0.25) is 0 Å². The highest BCUT2D eigenvalue weighted by atomic mass is 16.3. The van der Waals surface area contributed by atoms with Gasteiger partial charge in [-0.1, -0.05) is 0 Å². The number of primary amides is 1. The van der Waals surface area contributed by atoms with Crippen LogP contribution in [0, 0.1) is 0 Å². The highest BCUT2D eigenvalue weighted by Crippen LogP contribution is 2.31. The van der Waals surface area contributed by atoms with E-state index in [4.69, 9.17) is 5.73 Å². The van der Waals surface area contributed by atoms with Gasteiger partial charge in [-0.3, -0.25) is 9.59 Å². The number of aliphatic hydroxyl groups is 1. The average Bonchev–Trinajstić information content (AvgIpc) is 2.61. The van der Waals surface area contributed by atoms with E-state index < -0.39 is 11.5 Å². The van der Waals surface area contributed by atoms with E-state index in [1.165, 1.54) is 4.90 Å². The molecule has 0 bridgehead atoms. The van der Waals surface area contributed by atoms with Crippen molar-refractivity contribution >= 4 is 11.8 Å². The predicted molar refractivity (Wildman–Crippen MR) is 59.5 cm³/mol. The largest absolute Gasteiger partial charge is 0.380 e. The summed E-state index contributed by atoms with van der Waals surface area (Å²) in [5, 5.41) is 10.1. The Kier molecular flexibility index (Phi) is 3.91. The van der Waals surface area contributed by atoms with E-state index in [1.54, 1.807) is 13.8 Å². The van der Waals surface area contributed by atoms with Crippen molar-refractivity contribution in [1.29, 1.82) is 0 Å². The smallest absolute Gasteiger partial charge is 0.255 e. The first-order valence-corrected chi connectivity index (χ1v) is 5.68. The van der Waals surface area contributed by atoms with Gasteiger partial charge in [0.1, 0.15) is 5.60 Å². The van der Waals surface area contributed by atoms with Crippen molar-refractivity contribution in [3.8, 4) is 0 Å². The number of hydrogen-bond donors (Lipinski definition) is 2. The Morgan fingerprint density at radius 1 is 1.38 bits per heavy atom. The zero-order valence-corrected chi connectivity index (χ0v) is 9.90. The summed E-state index contributed by atoms with van der Waals surface area (Å²) in [5.41, 5.74) is 3.82. The number of carbonyl (C=O) groups is 2. The van der Waals surface area contributed by atoms with Gasteiger partial charge in [0.25, 0.3) is 5.91 Å². The van der Waals surface area contributed by atoms with Gasteiger partial charge in [0.2, 0.25) is 5.91 Å². The van der Waals surface area contributed by atoms with Gasteiger partial charge in [-0.25, -0.2) is 0 Å². The molecule has 0 atom stereocenters. The number of amides is 2. The summed E-state index contributed by atoms with van der Waals surface area (Å²) in [5.74, 6) is -0.914. The monoisotopic (exact) mass is 228 g/mol. The maximum absolute atomic E-state index is 12.1. The molecule has 0 aromatic heterocycles. The van der Waals surface area contributed by atoms with E-state index in [0.29, 0.717) is 12.8 Å². The van der Waals surface area contributed by atoms with Gasteiger partial charge in [-0.05, 0) is 39.5 Å². The second-order valence-corrected chi connectivity index (χ2v) is 4.73. The maximum Gasteiger partial charge on any atom is 0.255 e. The molecule has 1 saturated carbocycles. The van der Waals surface area contributed by atoms with E-state index in [0.717, 1.165) is 12.8 Å². The first-order valence-electron chi connectivity index (χ1n) is 5.68. The summed E-state index contributed by atoms with van der Waals surface area (Å²) in [6.45, 7) is 3.48. The lowest BCUT2D eigenvalue weighted by molar-refractivity contribution is -0.154. The second-order valence-electron chi connectivity index (χ2n) is 4.73. The van der Waals surface area contributed by atoms with Crippen molar-refractivity contribution in [2.45, 2.75) is 51.2 Å². The van der Waals surface area contributed by atoms with Crippen molar-refractivity contribution in [3.63, 3.8) is 0 Å². The Labute approximate surface area is 95.6 Å². The van der Waals surface area contributed by atoms with Crippen LogP contribution in [0.25, 0.3) is 0 Å². The van der Waals surface area contributed by atoms with E-state index in [9.17, 15) is 14.7 Å². The molecule has 0 spiro atoms. The lowest BCUT2D eigenvalue weighted by Gasteiger charge is -2.32.